The van der Waals surface area contributed by atoms with E-state index in [1.807, 2.05) is 6.07 Å². The molecule has 0 aliphatic heterocycles. The molecule has 0 atom stereocenters. The topological polar surface area (TPSA) is 76.4 Å². The van der Waals surface area contributed by atoms with Gasteiger partial charge < -0.3 is 5.32 Å². The van der Waals surface area contributed by atoms with Crippen LogP contribution in [0.25, 0.3) is 4.83 Å². The number of amides is 1. The molecule has 1 aromatic carbocycles. The van der Waals surface area contributed by atoms with Gasteiger partial charge in [-0.05, 0) is 36.2 Å². The molecule has 1 amide bonds. The number of halogens is 2. The summed E-state index contributed by atoms with van der Waals surface area (Å²) < 4.78 is 28.1. The summed E-state index contributed by atoms with van der Waals surface area (Å²) in [5.41, 5.74) is 1.93. The second-order valence-corrected chi connectivity index (χ2v) is 7.71. The summed E-state index contributed by atoms with van der Waals surface area (Å²) >= 11 is 1.12. The van der Waals surface area contributed by atoms with Crippen molar-refractivity contribution in [3.63, 3.8) is 0 Å². The van der Waals surface area contributed by atoms with E-state index in [9.17, 15) is 18.4 Å². The first-order valence-electron chi connectivity index (χ1n) is 9.05. The molecule has 0 aliphatic rings. The number of aryl methyl sites for hydroxylation is 1. The predicted molar refractivity (Wildman–Crippen MR) is 109 cm³/mol. The van der Waals surface area contributed by atoms with E-state index in [-0.39, 0.29) is 22.8 Å². The zero-order valence-electron chi connectivity index (χ0n) is 15.9. The number of benzene rings is 1. The van der Waals surface area contributed by atoms with Gasteiger partial charge >= 0.3 is 0 Å². The van der Waals surface area contributed by atoms with E-state index in [1.54, 1.807) is 25.4 Å². The summed E-state index contributed by atoms with van der Waals surface area (Å²) in [5, 5.41) is 7.29. The Morgan fingerprint density at radius 3 is 2.77 bits per heavy atom. The molecule has 0 bridgehead atoms. The molecule has 152 valence electrons. The summed E-state index contributed by atoms with van der Waals surface area (Å²) in [6.45, 7) is 1.96. The minimum absolute atomic E-state index is 0.125. The van der Waals surface area contributed by atoms with Gasteiger partial charge in [0.1, 0.15) is 4.83 Å². The highest BCUT2D eigenvalue weighted by Crippen LogP contribution is 2.19. The number of rotatable bonds is 5. The zero-order chi connectivity index (χ0) is 21.3. The lowest BCUT2D eigenvalue weighted by atomic mass is 10.0. The first-order chi connectivity index (χ1) is 14.4. The van der Waals surface area contributed by atoms with Gasteiger partial charge in [0.15, 0.2) is 17.1 Å². The number of carbonyl (C=O) groups excluding carboxylic acids is 1. The van der Waals surface area contributed by atoms with Gasteiger partial charge in [-0.3, -0.25) is 14.6 Å². The van der Waals surface area contributed by atoms with Gasteiger partial charge in [-0.25, -0.2) is 13.3 Å². The van der Waals surface area contributed by atoms with Crippen LogP contribution in [-0.2, 0) is 13.0 Å². The van der Waals surface area contributed by atoms with Crippen molar-refractivity contribution < 1.29 is 13.6 Å². The van der Waals surface area contributed by atoms with Crippen molar-refractivity contribution in [3.8, 4) is 0 Å². The van der Waals surface area contributed by atoms with E-state index in [4.69, 9.17) is 0 Å². The molecular formula is C21H16F2N4O2S. The van der Waals surface area contributed by atoms with Crippen LogP contribution in [0.2, 0.25) is 0 Å². The lowest BCUT2D eigenvalue weighted by molar-refractivity contribution is 0.0949. The third-order valence-corrected chi connectivity index (χ3v) is 5.73. The van der Waals surface area contributed by atoms with Crippen LogP contribution in [0.5, 0.6) is 0 Å². The van der Waals surface area contributed by atoms with Gasteiger partial charge in [0.2, 0.25) is 5.01 Å². The summed E-state index contributed by atoms with van der Waals surface area (Å²) in [4.78, 5) is 29.8. The Morgan fingerprint density at radius 2 is 2.03 bits per heavy atom. The SMILES string of the molecule is Cc1c(=O)c(Cc2ccc(F)c(F)c2)cn2nc(C(=O)NCc3cccnc3)sc12. The van der Waals surface area contributed by atoms with E-state index in [1.165, 1.54) is 16.8 Å². The van der Waals surface area contributed by atoms with Crippen LogP contribution in [0.3, 0.4) is 0 Å². The maximum atomic E-state index is 13.5. The zero-order valence-corrected chi connectivity index (χ0v) is 16.7. The molecule has 4 aromatic rings. The fourth-order valence-corrected chi connectivity index (χ4v) is 3.94. The van der Waals surface area contributed by atoms with Crippen molar-refractivity contribution in [1.29, 1.82) is 0 Å². The molecule has 0 spiro atoms. The number of hydrogen-bond acceptors (Lipinski definition) is 5. The van der Waals surface area contributed by atoms with Gasteiger partial charge in [0, 0.05) is 42.7 Å². The molecule has 0 saturated heterocycles. The molecule has 0 unspecified atom stereocenters. The summed E-state index contributed by atoms with van der Waals surface area (Å²) in [6, 6.07) is 7.15. The Morgan fingerprint density at radius 1 is 1.20 bits per heavy atom. The van der Waals surface area contributed by atoms with Crippen LogP contribution in [0.4, 0.5) is 8.78 Å². The van der Waals surface area contributed by atoms with E-state index >= 15 is 0 Å². The predicted octanol–water partition coefficient (Wildman–Crippen LogP) is 3.26. The molecule has 3 aromatic heterocycles. The van der Waals surface area contributed by atoms with Crippen molar-refractivity contribution >= 4 is 22.1 Å². The Kier molecular flexibility index (Phi) is 5.37. The molecule has 0 aliphatic carbocycles. The second-order valence-electron chi connectivity index (χ2n) is 6.73. The van der Waals surface area contributed by atoms with Crippen molar-refractivity contribution in [2.45, 2.75) is 19.9 Å². The van der Waals surface area contributed by atoms with Gasteiger partial charge in [-0.2, -0.15) is 5.10 Å². The van der Waals surface area contributed by atoms with Crippen molar-refractivity contribution in [1.82, 2.24) is 19.9 Å². The van der Waals surface area contributed by atoms with Crippen molar-refractivity contribution in [2.75, 3.05) is 0 Å². The number of nitrogens with zero attached hydrogens (tertiary/aromatic N) is 3. The highest BCUT2D eigenvalue weighted by Gasteiger charge is 2.17. The number of hydrogen-bond donors (Lipinski definition) is 1. The monoisotopic (exact) mass is 426 g/mol. The lowest BCUT2D eigenvalue weighted by Crippen LogP contribution is -2.22. The average molecular weight is 426 g/mol. The maximum Gasteiger partial charge on any atom is 0.282 e. The van der Waals surface area contributed by atoms with Crippen LogP contribution < -0.4 is 10.7 Å². The van der Waals surface area contributed by atoms with E-state index in [0.29, 0.717) is 28.1 Å². The first-order valence-corrected chi connectivity index (χ1v) is 9.87. The van der Waals surface area contributed by atoms with Crippen LogP contribution in [-0.4, -0.2) is 20.5 Å². The molecule has 1 N–H and O–H groups in total. The smallest absolute Gasteiger partial charge is 0.282 e. The van der Waals surface area contributed by atoms with E-state index in [2.05, 4.69) is 15.4 Å². The molecule has 4 rings (SSSR count). The van der Waals surface area contributed by atoms with Crippen LogP contribution in [0.15, 0.2) is 53.7 Å². The Bertz CT molecular complexity index is 1300. The highest BCUT2D eigenvalue weighted by atomic mass is 32.1. The standard InChI is InChI=1S/C21H16F2N4O2S/c1-12-18(28)15(7-13-4-5-16(22)17(23)8-13)11-27-21(12)30-20(26-27)19(29)25-10-14-3-2-6-24-9-14/h2-6,8-9,11H,7,10H2,1H3,(H,25,29). The Balaban J connectivity index is 1.61. The number of nitrogens with one attached hydrogen (secondary N) is 1. The average Bonchev–Trinajstić information content (AvgIpc) is 3.18. The molecule has 30 heavy (non-hydrogen) atoms. The summed E-state index contributed by atoms with van der Waals surface area (Å²) in [6.07, 6.45) is 4.96. The van der Waals surface area contributed by atoms with Crippen LogP contribution >= 0.6 is 11.3 Å². The van der Waals surface area contributed by atoms with Crippen molar-refractivity contribution in [2.24, 2.45) is 0 Å². The maximum absolute atomic E-state index is 13.5. The highest BCUT2D eigenvalue weighted by molar-refractivity contribution is 7.19. The first kappa shape index (κ1) is 19.8. The van der Waals surface area contributed by atoms with Gasteiger partial charge in [-0.15, -0.1) is 0 Å². The van der Waals surface area contributed by atoms with Gasteiger partial charge in [-0.1, -0.05) is 23.5 Å². The fraction of sp³-hybridized carbons (Fsp3) is 0.143. The van der Waals surface area contributed by atoms with E-state index in [0.717, 1.165) is 29.0 Å². The number of aromatic nitrogens is 3. The third kappa shape index (κ3) is 3.97. The van der Waals surface area contributed by atoms with E-state index < -0.39 is 11.6 Å². The molecular weight excluding hydrogens is 410 g/mol. The van der Waals surface area contributed by atoms with Gasteiger partial charge in [0.25, 0.3) is 5.91 Å². The second kappa shape index (κ2) is 8.11. The lowest BCUT2D eigenvalue weighted by Gasteiger charge is -2.05. The third-order valence-electron chi connectivity index (χ3n) is 4.58. The summed E-state index contributed by atoms with van der Waals surface area (Å²) in [7, 11) is 0. The molecule has 0 radical (unpaired) electrons. The van der Waals surface area contributed by atoms with Crippen LogP contribution in [0, 0.1) is 18.6 Å². The molecule has 9 heteroatoms. The van der Waals surface area contributed by atoms with Gasteiger partial charge in [0.05, 0.1) is 0 Å². The number of pyridine rings is 2. The molecule has 0 saturated carbocycles. The quantitative estimate of drug-likeness (QED) is 0.532. The fourth-order valence-electron chi connectivity index (χ4n) is 3.03. The number of fused-ring (bicyclic) bond motifs is 1. The number of carbonyl (C=O) groups is 1. The largest absolute Gasteiger partial charge is 0.346 e. The van der Waals surface area contributed by atoms with Crippen LogP contribution in [0.1, 0.15) is 32.1 Å². The van der Waals surface area contributed by atoms with Crippen molar-refractivity contribution in [3.05, 3.63) is 98.0 Å². The molecule has 6 nitrogen and oxygen atoms in total. The Hall–Kier alpha value is -3.46. The minimum atomic E-state index is -0.966. The minimum Gasteiger partial charge on any atom is -0.346 e. The Labute approximate surface area is 173 Å². The normalized spacial score (nSPS) is 11.0. The molecule has 0 fully saturated rings. The molecule has 3 heterocycles. The summed E-state index contributed by atoms with van der Waals surface area (Å²) in [5.74, 6) is -2.27.